The van der Waals surface area contributed by atoms with Gasteiger partial charge in [0.1, 0.15) is 18.6 Å². The molecule has 0 radical (unpaired) electrons. The number of nitrogens with two attached hydrogens (primary N) is 1. The first-order valence-corrected chi connectivity index (χ1v) is 5.50. The predicted molar refractivity (Wildman–Crippen MR) is 66.5 cm³/mol. The Hall–Kier alpha value is -2.60. The van der Waals surface area contributed by atoms with Gasteiger partial charge < -0.3 is 9.15 Å². The Kier molecular flexibility index (Phi) is 3.94. The minimum Gasteiger partial charge on any atom is -0.489 e. The smallest absolute Gasteiger partial charge is 0.301 e. The number of rotatable bonds is 5. The van der Waals surface area contributed by atoms with E-state index in [1.165, 1.54) is 6.26 Å². The Labute approximate surface area is 109 Å². The molecule has 98 valence electrons. The molecule has 0 unspecified atom stereocenters. The van der Waals surface area contributed by atoms with Gasteiger partial charge in [-0.2, -0.15) is 0 Å². The highest BCUT2D eigenvalue weighted by Gasteiger charge is 2.14. The Morgan fingerprint density at radius 3 is 2.68 bits per heavy atom. The molecule has 1 aromatic carbocycles. The number of nitrogens with one attached hydrogen (secondary N) is 1. The third-order valence-electron chi connectivity index (χ3n) is 2.49. The van der Waals surface area contributed by atoms with Crippen LogP contribution in [-0.2, 0) is 6.61 Å². The molecule has 0 saturated heterocycles. The monoisotopic (exact) mass is 260 g/mol. The van der Waals surface area contributed by atoms with Gasteiger partial charge in [-0.15, -0.1) is 0 Å². The van der Waals surface area contributed by atoms with Crippen molar-refractivity contribution < 1.29 is 18.7 Å². The normalized spacial score (nSPS) is 9.95. The second-order valence-electron chi connectivity index (χ2n) is 3.72. The minimum absolute atomic E-state index is 0.118. The van der Waals surface area contributed by atoms with Crippen LogP contribution in [0.2, 0.25) is 0 Å². The lowest BCUT2D eigenvalue weighted by atomic mass is 10.2. The number of ether oxygens (including phenoxy) is 1. The highest BCUT2D eigenvalue weighted by molar-refractivity contribution is 5.92. The standard InChI is InChI=1S/C13H12N2O4/c14-15-13(17)12-10(5-6-18-12)8-19-11-3-1-9(7-16)2-4-11/h1-7H,8,14H2,(H,15,17). The molecule has 6 heteroatoms. The molecule has 0 aliphatic carbocycles. The molecule has 0 saturated carbocycles. The SMILES string of the molecule is NNC(=O)c1occc1COc1ccc(C=O)cc1. The van der Waals surface area contributed by atoms with Crippen LogP contribution in [0.15, 0.2) is 41.0 Å². The summed E-state index contributed by atoms with van der Waals surface area (Å²) >= 11 is 0. The van der Waals surface area contributed by atoms with Crippen LogP contribution in [-0.4, -0.2) is 12.2 Å². The van der Waals surface area contributed by atoms with Crippen molar-refractivity contribution in [1.82, 2.24) is 5.43 Å². The van der Waals surface area contributed by atoms with Crippen LogP contribution in [0.5, 0.6) is 5.75 Å². The molecule has 0 aliphatic rings. The van der Waals surface area contributed by atoms with Crippen molar-refractivity contribution in [3.05, 3.63) is 53.5 Å². The van der Waals surface area contributed by atoms with E-state index in [-0.39, 0.29) is 12.4 Å². The zero-order valence-electron chi connectivity index (χ0n) is 9.96. The third kappa shape index (κ3) is 2.99. The van der Waals surface area contributed by atoms with E-state index in [9.17, 15) is 9.59 Å². The van der Waals surface area contributed by atoms with Crippen LogP contribution >= 0.6 is 0 Å². The fourth-order valence-corrected chi connectivity index (χ4v) is 1.52. The number of carbonyl (C=O) groups excluding carboxylic acids is 2. The summed E-state index contributed by atoms with van der Waals surface area (Å²) in [4.78, 5) is 21.9. The van der Waals surface area contributed by atoms with Crippen molar-refractivity contribution in [2.75, 3.05) is 0 Å². The van der Waals surface area contributed by atoms with Gasteiger partial charge in [0.15, 0.2) is 5.76 Å². The molecular weight excluding hydrogens is 248 g/mol. The average molecular weight is 260 g/mol. The van der Waals surface area contributed by atoms with Gasteiger partial charge in [0.25, 0.3) is 0 Å². The molecular formula is C13H12N2O4. The fraction of sp³-hybridized carbons (Fsp3) is 0.0769. The second kappa shape index (κ2) is 5.83. The largest absolute Gasteiger partial charge is 0.489 e. The van der Waals surface area contributed by atoms with Crippen molar-refractivity contribution in [2.45, 2.75) is 6.61 Å². The molecule has 2 aromatic rings. The highest BCUT2D eigenvalue weighted by Crippen LogP contribution is 2.16. The van der Waals surface area contributed by atoms with Gasteiger partial charge in [-0.05, 0) is 30.3 Å². The summed E-state index contributed by atoms with van der Waals surface area (Å²) in [5.41, 5.74) is 3.15. The topological polar surface area (TPSA) is 94.6 Å². The van der Waals surface area contributed by atoms with E-state index in [4.69, 9.17) is 15.0 Å². The maximum Gasteiger partial charge on any atom is 0.301 e. The zero-order valence-corrected chi connectivity index (χ0v) is 9.96. The summed E-state index contributed by atoms with van der Waals surface area (Å²) in [6, 6.07) is 8.26. The van der Waals surface area contributed by atoms with E-state index in [2.05, 4.69) is 0 Å². The maximum atomic E-state index is 11.4. The van der Waals surface area contributed by atoms with E-state index in [1.807, 2.05) is 5.43 Å². The number of furan rings is 1. The molecule has 3 N–H and O–H groups in total. The number of hydrazine groups is 1. The first kappa shape index (κ1) is 12.8. The molecule has 0 atom stereocenters. The molecule has 2 rings (SSSR count). The van der Waals surface area contributed by atoms with E-state index < -0.39 is 5.91 Å². The number of hydrogen-bond donors (Lipinski definition) is 2. The van der Waals surface area contributed by atoms with Crippen molar-refractivity contribution in [2.24, 2.45) is 5.84 Å². The number of carbonyl (C=O) groups is 2. The molecule has 1 aromatic heterocycles. The Morgan fingerprint density at radius 2 is 2.05 bits per heavy atom. The summed E-state index contributed by atoms with van der Waals surface area (Å²) in [6.45, 7) is 0.166. The van der Waals surface area contributed by atoms with E-state index >= 15 is 0 Å². The lowest BCUT2D eigenvalue weighted by Gasteiger charge is -2.06. The van der Waals surface area contributed by atoms with Crippen LogP contribution in [0, 0.1) is 0 Å². The molecule has 6 nitrogen and oxygen atoms in total. The van der Waals surface area contributed by atoms with Gasteiger partial charge in [-0.25, -0.2) is 5.84 Å². The van der Waals surface area contributed by atoms with Crippen LogP contribution in [0.1, 0.15) is 26.5 Å². The van der Waals surface area contributed by atoms with Crippen LogP contribution < -0.4 is 16.0 Å². The summed E-state index contributed by atoms with van der Waals surface area (Å²) in [5.74, 6) is 5.23. The molecule has 0 fully saturated rings. The number of hydrogen-bond acceptors (Lipinski definition) is 5. The lowest BCUT2D eigenvalue weighted by molar-refractivity contribution is 0.0922. The minimum atomic E-state index is -0.514. The van der Waals surface area contributed by atoms with E-state index in [0.717, 1.165) is 6.29 Å². The van der Waals surface area contributed by atoms with Gasteiger partial charge >= 0.3 is 5.91 Å². The zero-order chi connectivity index (χ0) is 13.7. The van der Waals surface area contributed by atoms with Gasteiger partial charge in [0.2, 0.25) is 0 Å². The molecule has 1 heterocycles. The Bertz CT molecular complexity index is 575. The first-order valence-electron chi connectivity index (χ1n) is 5.50. The Balaban J connectivity index is 2.04. The average Bonchev–Trinajstić information content (AvgIpc) is 2.93. The third-order valence-corrected chi connectivity index (χ3v) is 2.49. The molecule has 19 heavy (non-hydrogen) atoms. The van der Waals surface area contributed by atoms with Crippen LogP contribution in [0.3, 0.4) is 0 Å². The lowest BCUT2D eigenvalue weighted by Crippen LogP contribution is -2.30. The van der Waals surface area contributed by atoms with Gasteiger partial charge in [0, 0.05) is 11.1 Å². The van der Waals surface area contributed by atoms with Crippen molar-refractivity contribution in [3.63, 3.8) is 0 Å². The van der Waals surface area contributed by atoms with Crippen molar-refractivity contribution in [3.8, 4) is 5.75 Å². The predicted octanol–water partition coefficient (Wildman–Crippen LogP) is 1.27. The number of aldehydes is 1. The van der Waals surface area contributed by atoms with Gasteiger partial charge in [0.05, 0.1) is 6.26 Å². The number of amides is 1. The second-order valence-corrected chi connectivity index (χ2v) is 3.72. The highest BCUT2D eigenvalue weighted by atomic mass is 16.5. The number of benzene rings is 1. The number of nitrogen functional groups attached to an aromatic ring is 1. The van der Waals surface area contributed by atoms with Crippen LogP contribution in [0.25, 0.3) is 0 Å². The summed E-state index contributed by atoms with van der Waals surface area (Å²) in [7, 11) is 0. The Morgan fingerprint density at radius 1 is 1.32 bits per heavy atom. The van der Waals surface area contributed by atoms with Crippen molar-refractivity contribution in [1.29, 1.82) is 0 Å². The van der Waals surface area contributed by atoms with E-state index in [0.29, 0.717) is 16.9 Å². The van der Waals surface area contributed by atoms with Crippen molar-refractivity contribution >= 4 is 12.2 Å². The molecule has 1 amide bonds. The molecule has 0 aliphatic heterocycles. The van der Waals surface area contributed by atoms with Crippen LogP contribution in [0.4, 0.5) is 0 Å². The molecule has 0 bridgehead atoms. The summed E-state index contributed by atoms with van der Waals surface area (Å²) < 4.78 is 10.5. The van der Waals surface area contributed by atoms with Gasteiger partial charge in [-0.1, -0.05) is 0 Å². The summed E-state index contributed by atoms with van der Waals surface area (Å²) in [5, 5.41) is 0. The first-order chi connectivity index (χ1) is 9.24. The summed E-state index contributed by atoms with van der Waals surface area (Å²) in [6.07, 6.45) is 2.14. The van der Waals surface area contributed by atoms with Gasteiger partial charge in [-0.3, -0.25) is 15.0 Å². The quantitative estimate of drug-likeness (QED) is 0.365. The molecule has 0 spiro atoms. The maximum absolute atomic E-state index is 11.4. The van der Waals surface area contributed by atoms with E-state index in [1.54, 1.807) is 30.3 Å². The fourth-order valence-electron chi connectivity index (χ4n) is 1.52.